The average Bonchev–Trinajstić information content (AvgIpc) is 3.21. The fourth-order valence-electron chi connectivity index (χ4n) is 4.38. The lowest BCUT2D eigenvalue weighted by atomic mass is 10.00. The molecule has 0 saturated carbocycles. The summed E-state index contributed by atoms with van der Waals surface area (Å²) >= 11 is 1.26. The Kier molecular flexibility index (Phi) is 6.63. The van der Waals surface area contributed by atoms with Crippen LogP contribution in [0.3, 0.4) is 0 Å². The average molecular weight is 427 g/mol. The number of aliphatic hydroxyl groups is 1. The second-order valence-electron chi connectivity index (χ2n) is 8.14. The maximum Gasteiger partial charge on any atom is 0.122 e. The van der Waals surface area contributed by atoms with Crippen LogP contribution in [0.1, 0.15) is 28.7 Å². The Hall–Kier alpha value is -2.06. The molecule has 3 aromatic rings. The van der Waals surface area contributed by atoms with Crippen molar-refractivity contribution in [2.24, 2.45) is 0 Å². The number of aliphatic hydroxyl groups excluding tert-OH is 1. The molecule has 1 aliphatic heterocycles. The van der Waals surface area contributed by atoms with Crippen molar-refractivity contribution in [3.8, 4) is 5.75 Å². The second-order valence-corrected chi connectivity index (χ2v) is 8.66. The van der Waals surface area contributed by atoms with Gasteiger partial charge < -0.3 is 9.84 Å². The Morgan fingerprint density at radius 3 is 2.70 bits per heavy atom. The maximum absolute atomic E-state index is 9.66. The van der Waals surface area contributed by atoms with Crippen molar-refractivity contribution in [3.63, 3.8) is 0 Å². The molecule has 7 heteroatoms. The van der Waals surface area contributed by atoms with E-state index in [1.807, 2.05) is 0 Å². The Morgan fingerprint density at radius 1 is 1.07 bits per heavy atom. The van der Waals surface area contributed by atoms with Crippen LogP contribution in [0, 0.1) is 13.8 Å². The molecule has 30 heavy (non-hydrogen) atoms. The van der Waals surface area contributed by atoms with Gasteiger partial charge in [0.1, 0.15) is 16.8 Å². The van der Waals surface area contributed by atoms with Gasteiger partial charge in [0, 0.05) is 45.4 Å². The number of aromatic nitrogens is 2. The molecule has 0 spiro atoms. The highest BCUT2D eigenvalue weighted by molar-refractivity contribution is 7.00. The largest absolute Gasteiger partial charge is 0.496 e. The van der Waals surface area contributed by atoms with Gasteiger partial charge in [-0.05, 0) is 60.7 Å². The van der Waals surface area contributed by atoms with Gasteiger partial charge in [-0.2, -0.15) is 8.75 Å². The molecular weight excluding hydrogens is 396 g/mol. The number of hydrogen-bond acceptors (Lipinski definition) is 7. The first kappa shape index (κ1) is 21.2. The van der Waals surface area contributed by atoms with Crippen molar-refractivity contribution in [3.05, 3.63) is 52.6 Å². The number of piperazine rings is 1. The summed E-state index contributed by atoms with van der Waals surface area (Å²) in [6.45, 7) is 9.30. The van der Waals surface area contributed by atoms with E-state index in [-0.39, 0.29) is 6.61 Å². The Balaban J connectivity index is 1.44. The highest BCUT2D eigenvalue weighted by Crippen LogP contribution is 2.27. The van der Waals surface area contributed by atoms with Crippen LogP contribution in [0.25, 0.3) is 11.0 Å². The van der Waals surface area contributed by atoms with Crippen molar-refractivity contribution in [2.45, 2.75) is 39.4 Å². The van der Waals surface area contributed by atoms with Gasteiger partial charge in [-0.15, -0.1) is 0 Å². The van der Waals surface area contributed by atoms with E-state index in [9.17, 15) is 5.11 Å². The molecule has 2 aromatic carbocycles. The topological polar surface area (TPSA) is 61.7 Å². The van der Waals surface area contributed by atoms with Crippen LogP contribution in [0.2, 0.25) is 0 Å². The summed E-state index contributed by atoms with van der Waals surface area (Å²) in [6, 6.07) is 11.0. The molecule has 160 valence electrons. The van der Waals surface area contributed by atoms with Gasteiger partial charge in [-0.1, -0.05) is 12.1 Å². The first-order chi connectivity index (χ1) is 14.6. The lowest BCUT2D eigenvalue weighted by Crippen LogP contribution is -2.52. The van der Waals surface area contributed by atoms with Gasteiger partial charge in [0.15, 0.2) is 0 Å². The van der Waals surface area contributed by atoms with Gasteiger partial charge in [0.25, 0.3) is 0 Å². The molecule has 1 N–H and O–H groups in total. The van der Waals surface area contributed by atoms with Crippen molar-refractivity contribution in [1.29, 1.82) is 0 Å². The normalized spacial score (nSPS) is 18.2. The molecule has 0 bridgehead atoms. The van der Waals surface area contributed by atoms with E-state index >= 15 is 0 Å². The minimum atomic E-state index is 0.214. The Morgan fingerprint density at radius 2 is 1.90 bits per heavy atom. The molecule has 1 fully saturated rings. The molecular formula is C23H30N4O2S. The lowest BCUT2D eigenvalue weighted by Gasteiger charge is -2.41. The van der Waals surface area contributed by atoms with Crippen molar-refractivity contribution in [1.82, 2.24) is 18.5 Å². The van der Waals surface area contributed by atoms with E-state index in [1.165, 1.54) is 34.0 Å². The number of rotatable bonds is 7. The Bertz CT molecular complexity index is 1010. The van der Waals surface area contributed by atoms with Crippen molar-refractivity contribution in [2.75, 3.05) is 33.4 Å². The van der Waals surface area contributed by atoms with Crippen molar-refractivity contribution < 1.29 is 9.84 Å². The predicted octanol–water partition coefficient (Wildman–Crippen LogP) is 3.39. The number of benzene rings is 2. The summed E-state index contributed by atoms with van der Waals surface area (Å²) in [5, 5.41) is 9.66. The van der Waals surface area contributed by atoms with E-state index in [2.05, 4.69) is 62.7 Å². The molecule has 1 aliphatic rings. The van der Waals surface area contributed by atoms with Gasteiger partial charge in [0.05, 0.1) is 18.8 Å². The van der Waals surface area contributed by atoms with E-state index in [1.54, 1.807) is 7.11 Å². The van der Waals surface area contributed by atoms with Crippen LogP contribution in [0.5, 0.6) is 5.75 Å². The van der Waals surface area contributed by atoms with Gasteiger partial charge >= 0.3 is 0 Å². The number of nitrogens with zero attached hydrogens (tertiary/aromatic N) is 4. The molecule has 0 aliphatic carbocycles. The van der Waals surface area contributed by atoms with Crippen LogP contribution >= 0.6 is 11.7 Å². The number of fused-ring (bicyclic) bond motifs is 1. The maximum atomic E-state index is 9.66. The molecule has 2 heterocycles. The molecule has 1 atom stereocenters. The molecule has 0 radical (unpaired) electrons. The number of methoxy groups -OCH3 is 1. The van der Waals surface area contributed by atoms with Crippen LogP contribution in [-0.4, -0.2) is 63.0 Å². The lowest BCUT2D eigenvalue weighted by molar-refractivity contribution is 0.0498. The molecule has 6 nitrogen and oxygen atoms in total. The fourth-order valence-corrected chi connectivity index (χ4v) is 4.90. The van der Waals surface area contributed by atoms with Crippen LogP contribution in [-0.2, 0) is 13.1 Å². The van der Waals surface area contributed by atoms with Crippen molar-refractivity contribution >= 4 is 22.8 Å². The SMILES string of the molecule is COc1ccc(CN2CCN(Cc3ccc4nsnc4c3)CC2CCO)c(C)c1C. The minimum Gasteiger partial charge on any atom is -0.496 e. The van der Waals surface area contributed by atoms with E-state index in [0.29, 0.717) is 6.04 Å². The number of ether oxygens (including phenoxy) is 1. The summed E-state index contributed by atoms with van der Waals surface area (Å²) in [5.74, 6) is 0.945. The zero-order valence-corrected chi connectivity index (χ0v) is 18.8. The minimum absolute atomic E-state index is 0.214. The summed E-state index contributed by atoms with van der Waals surface area (Å²) in [7, 11) is 1.72. The van der Waals surface area contributed by atoms with Gasteiger partial charge in [-0.3, -0.25) is 9.80 Å². The third kappa shape index (κ3) is 4.49. The molecule has 0 amide bonds. The van der Waals surface area contributed by atoms with Crippen LogP contribution in [0.15, 0.2) is 30.3 Å². The van der Waals surface area contributed by atoms with E-state index < -0.39 is 0 Å². The highest BCUT2D eigenvalue weighted by Gasteiger charge is 2.27. The summed E-state index contributed by atoms with van der Waals surface area (Å²) < 4.78 is 14.1. The molecule has 4 rings (SSSR count). The zero-order chi connectivity index (χ0) is 21.1. The quantitative estimate of drug-likeness (QED) is 0.625. The molecule has 1 unspecified atom stereocenters. The third-order valence-corrected chi connectivity index (χ3v) is 6.88. The summed E-state index contributed by atoms with van der Waals surface area (Å²) in [5.41, 5.74) is 7.06. The standard InChI is InChI=1S/C23H30N4O2S/c1-16-17(2)23(29-3)7-5-19(16)14-27-10-9-26(15-20(27)8-11-28)13-18-4-6-21-22(12-18)25-30-24-21/h4-7,12,20,28H,8-11,13-15H2,1-3H3. The number of hydrogen-bond donors (Lipinski definition) is 1. The smallest absolute Gasteiger partial charge is 0.122 e. The third-order valence-electron chi connectivity index (χ3n) is 6.32. The summed E-state index contributed by atoms with van der Waals surface area (Å²) in [6.07, 6.45) is 0.791. The Labute approximate surface area is 182 Å². The summed E-state index contributed by atoms with van der Waals surface area (Å²) in [4.78, 5) is 5.01. The monoisotopic (exact) mass is 426 g/mol. The first-order valence-electron chi connectivity index (χ1n) is 10.5. The highest BCUT2D eigenvalue weighted by atomic mass is 32.1. The van der Waals surface area contributed by atoms with E-state index in [0.717, 1.165) is 55.9 Å². The van der Waals surface area contributed by atoms with Crippen LogP contribution in [0.4, 0.5) is 0 Å². The zero-order valence-electron chi connectivity index (χ0n) is 18.0. The molecule has 1 aromatic heterocycles. The van der Waals surface area contributed by atoms with E-state index in [4.69, 9.17) is 4.74 Å². The molecule has 1 saturated heterocycles. The fraction of sp³-hybridized carbons (Fsp3) is 0.478. The predicted molar refractivity (Wildman–Crippen MR) is 121 cm³/mol. The van der Waals surface area contributed by atoms with Gasteiger partial charge in [-0.25, -0.2) is 0 Å². The van der Waals surface area contributed by atoms with Gasteiger partial charge in [0.2, 0.25) is 0 Å². The second kappa shape index (κ2) is 9.39. The first-order valence-corrected chi connectivity index (χ1v) is 11.2. The van der Waals surface area contributed by atoms with Crippen LogP contribution < -0.4 is 4.74 Å².